The number of rotatable bonds is 5. The van der Waals surface area contributed by atoms with E-state index in [0.29, 0.717) is 17.2 Å². The molecule has 0 bridgehead atoms. The van der Waals surface area contributed by atoms with E-state index in [2.05, 4.69) is 20.5 Å². The van der Waals surface area contributed by atoms with E-state index in [1.165, 1.54) is 6.07 Å². The van der Waals surface area contributed by atoms with Gasteiger partial charge in [-0.25, -0.2) is 9.37 Å². The molecule has 21 heavy (non-hydrogen) atoms. The van der Waals surface area contributed by atoms with Crippen molar-refractivity contribution in [3.8, 4) is 0 Å². The first-order chi connectivity index (χ1) is 9.99. The topological polar surface area (TPSA) is 73.9 Å². The Morgan fingerprint density at radius 2 is 2.14 bits per heavy atom. The first-order valence-corrected chi connectivity index (χ1v) is 6.55. The second-order valence-corrected chi connectivity index (χ2v) is 4.94. The van der Waals surface area contributed by atoms with Crippen molar-refractivity contribution in [3.05, 3.63) is 47.3 Å². The molecule has 2 N–H and O–H groups in total. The lowest BCUT2D eigenvalue weighted by Gasteiger charge is -2.23. The fraction of sp³-hybridized carbons (Fsp3) is 0.357. The fourth-order valence-corrected chi connectivity index (χ4v) is 2.08. The lowest BCUT2D eigenvalue weighted by Crippen LogP contribution is -2.37. The van der Waals surface area contributed by atoms with E-state index in [1.54, 1.807) is 44.1 Å². The normalized spacial score (nSPS) is 12.4. The molecule has 112 valence electrons. The number of hydrogen-bond acceptors (Lipinski definition) is 4. The maximum absolute atomic E-state index is 13.9. The largest absolute Gasteiger partial charge is 0.347 e. The quantitative estimate of drug-likeness (QED) is 0.867. The van der Waals surface area contributed by atoms with Gasteiger partial charge in [-0.2, -0.15) is 5.10 Å². The molecule has 6 nitrogen and oxygen atoms in total. The van der Waals surface area contributed by atoms with Crippen LogP contribution < -0.4 is 5.32 Å². The molecule has 0 radical (unpaired) electrons. The molecule has 1 amide bonds. The number of benzene rings is 1. The van der Waals surface area contributed by atoms with Gasteiger partial charge in [0.05, 0.1) is 6.54 Å². The van der Waals surface area contributed by atoms with Crippen molar-refractivity contribution < 1.29 is 9.18 Å². The number of likely N-dealkylation sites (N-methyl/N-ethyl adjacent to an activating group) is 1. The Labute approximate surface area is 122 Å². The lowest BCUT2D eigenvalue weighted by atomic mass is 10.0. The number of aromatic amines is 1. The van der Waals surface area contributed by atoms with Gasteiger partial charge in [0.2, 0.25) is 5.91 Å². The standard InChI is InChI=1S/C14H18FN5O/c1-9-17-12(19-18-9)8-16-14(21)13(20(2)3)10-6-4-5-7-11(10)15/h4-7,13H,8H2,1-3H3,(H,16,21)(H,17,18,19)/t13-/m0/s1. The first kappa shape index (κ1) is 15.1. The Morgan fingerprint density at radius 3 is 2.71 bits per heavy atom. The number of amides is 1. The highest BCUT2D eigenvalue weighted by atomic mass is 19.1. The third-order valence-electron chi connectivity index (χ3n) is 3.03. The van der Waals surface area contributed by atoms with Crippen LogP contribution in [-0.4, -0.2) is 40.1 Å². The number of hydrogen-bond donors (Lipinski definition) is 2. The van der Waals surface area contributed by atoms with Crippen LogP contribution in [0.1, 0.15) is 23.3 Å². The van der Waals surface area contributed by atoms with E-state index in [-0.39, 0.29) is 12.5 Å². The predicted molar refractivity (Wildman–Crippen MR) is 75.8 cm³/mol. The van der Waals surface area contributed by atoms with Gasteiger partial charge in [0, 0.05) is 5.56 Å². The van der Waals surface area contributed by atoms with Gasteiger partial charge in [-0.1, -0.05) is 18.2 Å². The van der Waals surface area contributed by atoms with Crippen LogP contribution in [0.4, 0.5) is 4.39 Å². The number of halogens is 1. The molecule has 0 spiro atoms. The number of aryl methyl sites for hydroxylation is 1. The number of carbonyl (C=O) groups is 1. The van der Waals surface area contributed by atoms with Crippen LogP contribution in [0.3, 0.4) is 0 Å². The summed E-state index contributed by atoms with van der Waals surface area (Å²) in [4.78, 5) is 18.1. The number of aromatic nitrogens is 3. The molecule has 7 heteroatoms. The molecule has 1 heterocycles. The van der Waals surface area contributed by atoms with Crippen molar-refractivity contribution in [2.45, 2.75) is 19.5 Å². The average molecular weight is 291 g/mol. The van der Waals surface area contributed by atoms with Crippen molar-refractivity contribution in [3.63, 3.8) is 0 Å². The minimum atomic E-state index is -0.703. The molecule has 0 unspecified atom stereocenters. The zero-order valence-electron chi connectivity index (χ0n) is 12.2. The highest BCUT2D eigenvalue weighted by Gasteiger charge is 2.25. The minimum Gasteiger partial charge on any atom is -0.347 e. The van der Waals surface area contributed by atoms with Gasteiger partial charge in [0.1, 0.15) is 17.7 Å². The fourth-order valence-electron chi connectivity index (χ4n) is 2.08. The monoisotopic (exact) mass is 291 g/mol. The molecule has 0 aliphatic rings. The molecular formula is C14H18FN5O. The van der Waals surface area contributed by atoms with Crippen molar-refractivity contribution in [1.29, 1.82) is 0 Å². The third kappa shape index (κ3) is 3.63. The summed E-state index contributed by atoms with van der Waals surface area (Å²) >= 11 is 0. The first-order valence-electron chi connectivity index (χ1n) is 6.55. The lowest BCUT2D eigenvalue weighted by molar-refractivity contribution is -0.126. The maximum Gasteiger partial charge on any atom is 0.242 e. The molecule has 0 aliphatic carbocycles. The molecule has 0 fully saturated rings. The van der Waals surface area contributed by atoms with E-state index >= 15 is 0 Å². The zero-order valence-corrected chi connectivity index (χ0v) is 12.2. The SMILES string of the molecule is Cc1nc(CNC(=O)[C@H](c2ccccc2F)N(C)C)n[nH]1. The third-order valence-corrected chi connectivity index (χ3v) is 3.03. The van der Waals surface area contributed by atoms with Crippen LogP contribution in [-0.2, 0) is 11.3 Å². The highest BCUT2D eigenvalue weighted by Crippen LogP contribution is 2.21. The average Bonchev–Trinajstić information content (AvgIpc) is 2.84. The highest BCUT2D eigenvalue weighted by molar-refractivity contribution is 5.83. The Morgan fingerprint density at radius 1 is 1.43 bits per heavy atom. The Balaban J connectivity index is 2.11. The van der Waals surface area contributed by atoms with Gasteiger partial charge < -0.3 is 5.32 Å². The van der Waals surface area contributed by atoms with Crippen molar-refractivity contribution in [2.24, 2.45) is 0 Å². The molecular weight excluding hydrogens is 273 g/mol. The van der Waals surface area contributed by atoms with Gasteiger partial charge in [-0.05, 0) is 27.1 Å². The van der Waals surface area contributed by atoms with Gasteiger partial charge in [0.25, 0.3) is 0 Å². The molecule has 0 saturated carbocycles. The van der Waals surface area contributed by atoms with Crippen molar-refractivity contribution >= 4 is 5.91 Å². The molecule has 1 aromatic heterocycles. The van der Waals surface area contributed by atoms with Crippen LogP contribution in [0, 0.1) is 12.7 Å². The summed E-state index contributed by atoms with van der Waals surface area (Å²) in [6.07, 6.45) is 0. The second kappa shape index (κ2) is 6.45. The summed E-state index contributed by atoms with van der Waals surface area (Å²) in [5, 5.41) is 9.37. The molecule has 1 aromatic carbocycles. The number of nitrogens with one attached hydrogen (secondary N) is 2. The van der Waals surface area contributed by atoms with Crippen LogP contribution in [0.25, 0.3) is 0 Å². The van der Waals surface area contributed by atoms with E-state index in [1.807, 2.05) is 0 Å². The van der Waals surface area contributed by atoms with Crippen LogP contribution >= 0.6 is 0 Å². The van der Waals surface area contributed by atoms with Crippen LogP contribution in [0.2, 0.25) is 0 Å². The maximum atomic E-state index is 13.9. The zero-order chi connectivity index (χ0) is 15.4. The molecule has 2 aromatic rings. The Bertz CT molecular complexity index is 625. The van der Waals surface area contributed by atoms with E-state index in [4.69, 9.17) is 0 Å². The number of nitrogens with zero attached hydrogens (tertiary/aromatic N) is 3. The molecule has 2 rings (SSSR count). The summed E-state index contributed by atoms with van der Waals surface area (Å²) in [5.74, 6) is 0.469. The van der Waals surface area contributed by atoms with Crippen LogP contribution in [0.15, 0.2) is 24.3 Å². The molecule has 0 aliphatic heterocycles. The summed E-state index contributed by atoms with van der Waals surface area (Å²) in [6.45, 7) is 1.97. The van der Waals surface area contributed by atoms with Crippen molar-refractivity contribution in [2.75, 3.05) is 14.1 Å². The molecule has 0 saturated heterocycles. The molecule has 1 atom stereocenters. The van der Waals surface area contributed by atoms with E-state index in [9.17, 15) is 9.18 Å². The summed E-state index contributed by atoms with van der Waals surface area (Å²) < 4.78 is 13.9. The summed E-state index contributed by atoms with van der Waals surface area (Å²) in [6, 6.07) is 5.56. The van der Waals surface area contributed by atoms with Gasteiger partial charge in [0.15, 0.2) is 5.82 Å². The minimum absolute atomic E-state index is 0.196. The van der Waals surface area contributed by atoms with Gasteiger partial charge in [-0.3, -0.25) is 14.8 Å². The number of H-pyrrole nitrogens is 1. The smallest absolute Gasteiger partial charge is 0.242 e. The number of carbonyl (C=O) groups excluding carboxylic acids is 1. The summed E-state index contributed by atoms with van der Waals surface area (Å²) in [7, 11) is 3.46. The van der Waals surface area contributed by atoms with Crippen molar-refractivity contribution in [1.82, 2.24) is 25.4 Å². The van der Waals surface area contributed by atoms with Gasteiger partial charge >= 0.3 is 0 Å². The Hall–Kier alpha value is -2.28. The van der Waals surface area contributed by atoms with Gasteiger partial charge in [-0.15, -0.1) is 0 Å². The van der Waals surface area contributed by atoms with Crippen LogP contribution in [0.5, 0.6) is 0 Å². The summed E-state index contributed by atoms with van der Waals surface area (Å²) in [5.41, 5.74) is 0.339. The second-order valence-electron chi connectivity index (χ2n) is 4.94. The Kier molecular flexibility index (Phi) is 4.64. The van der Waals surface area contributed by atoms with E-state index in [0.717, 1.165) is 0 Å². The van der Waals surface area contributed by atoms with E-state index < -0.39 is 11.9 Å². The predicted octanol–water partition coefficient (Wildman–Crippen LogP) is 1.17.